The van der Waals surface area contributed by atoms with Crippen molar-refractivity contribution in [3.63, 3.8) is 0 Å². The molecule has 0 saturated carbocycles. The molecule has 1 aromatic carbocycles. The highest BCUT2D eigenvalue weighted by Crippen LogP contribution is 2.37. The van der Waals surface area contributed by atoms with Crippen molar-refractivity contribution in [1.82, 2.24) is 19.9 Å². The number of pyridine rings is 1. The smallest absolute Gasteiger partial charge is 0.227 e. The van der Waals surface area contributed by atoms with Crippen molar-refractivity contribution in [2.24, 2.45) is 5.92 Å². The highest BCUT2D eigenvalue weighted by atomic mass is 19.1. The predicted octanol–water partition coefficient (Wildman–Crippen LogP) is 4.66. The van der Waals surface area contributed by atoms with Crippen molar-refractivity contribution in [1.29, 1.82) is 0 Å². The first-order chi connectivity index (χ1) is 15.4. The molecule has 32 heavy (non-hydrogen) atoms. The highest BCUT2D eigenvalue weighted by Gasteiger charge is 2.21. The van der Waals surface area contributed by atoms with E-state index >= 15 is 0 Å². The summed E-state index contributed by atoms with van der Waals surface area (Å²) < 4.78 is 24.8. The van der Waals surface area contributed by atoms with E-state index in [9.17, 15) is 4.39 Å². The van der Waals surface area contributed by atoms with Crippen LogP contribution in [0.4, 0.5) is 16.2 Å². The predicted molar refractivity (Wildman–Crippen MR) is 120 cm³/mol. The molecular weight excluding hydrogens is 411 g/mol. The number of hydrogen-bond acceptors (Lipinski definition) is 8. The molecule has 3 heterocycles. The maximum absolute atomic E-state index is 13.4. The molecule has 0 aliphatic rings. The Kier molecular flexibility index (Phi) is 5.98. The molecule has 9 heteroatoms. The Morgan fingerprint density at radius 2 is 1.88 bits per heavy atom. The largest absolute Gasteiger partial charge is 0.493 e. The number of rotatable bonds is 7. The summed E-state index contributed by atoms with van der Waals surface area (Å²) >= 11 is 0. The Morgan fingerprint density at radius 3 is 2.59 bits per heavy atom. The van der Waals surface area contributed by atoms with Crippen molar-refractivity contribution in [3.8, 4) is 39.9 Å². The molecule has 0 bridgehead atoms. The lowest BCUT2D eigenvalue weighted by molar-refractivity contribution is 0.415. The number of ether oxygens (including phenoxy) is 1. The number of benzene rings is 1. The summed E-state index contributed by atoms with van der Waals surface area (Å²) in [5.41, 5.74) is 8.18. The second-order valence-electron chi connectivity index (χ2n) is 7.56. The minimum absolute atomic E-state index is 0.266. The van der Waals surface area contributed by atoms with Crippen molar-refractivity contribution >= 4 is 11.8 Å². The van der Waals surface area contributed by atoms with Crippen molar-refractivity contribution in [3.05, 3.63) is 54.6 Å². The van der Waals surface area contributed by atoms with Crippen LogP contribution in [0, 0.1) is 11.7 Å². The first-order valence-corrected chi connectivity index (χ1v) is 10.1. The van der Waals surface area contributed by atoms with Gasteiger partial charge in [-0.25, -0.2) is 24.3 Å². The molecule has 0 aliphatic heterocycles. The van der Waals surface area contributed by atoms with Gasteiger partial charge < -0.3 is 20.2 Å². The van der Waals surface area contributed by atoms with E-state index in [0.717, 1.165) is 6.54 Å². The Labute approximate surface area is 184 Å². The topological polar surface area (TPSA) is 112 Å². The van der Waals surface area contributed by atoms with Crippen molar-refractivity contribution in [2.75, 3.05) is 24.7 Å². The second kappa shape index (κ2) is 9.01. The minimum atomic E-state index is -0.343. The van der Waals surface area contributed by atoms with Crippen LogP contribution in [0.1, 0.15) is 13.8 Å². The van der Waals surface area contributed by atoms with Crippen LogP contribution in [0.2, 0.25) is 0 Å². The van der Waals surface area contributed by atoms with Crippen LogP contribution in [0.15, 0.2) is 53.2 Å². The third kappa shape index (κ3) is 4.51. The number of nitrogens with two attached hydrogens (primary N) is 1. The molecule has 3 N–H and O–H groups in total. The van der Waals surface area contributed by atoms with Crippen LogP contribution in [0.5, 0.6) is 5.75 Å². The van der Waals surface area contributed by atoms with E-state index in [-0.39, 0.29) is 11.6 Å². The van der Waals surface area contributed by atoms with Gasteiger partial charge >= 0.3 is 0 Å². The number of hydrogen-bond donors (Lipinski definition) is 2. The molecule has 0 unspecified atom stereocenters. The Balaban J connectivity index is 1.83. The van der Waals surface area contributed by atoms with E-state index in [0.29, 0.717) is 51.8 Å². The molecule has 164 valence electrons. The number of halogens is 1. The SMILES string of the molecule is COc1cc(-c2nc(-c3ccc(F)cc3)oc2-c2ccnc(NCC(C)C)n2)cnc1N. The van der Waals surface area contributed by atoms with Gasteiger partial charge in [0.1, 0.15) is 17.2 Å². The zero-order chi connectivity index (χ0) is 22.7. The van der Waals surface area contributed by atoms with Crippen LogP contribution >= 0.6 is 0 Å². The zero-order valence-corrected chi connectivity index (χ0v) is 18.0. The van der Waals surface area contributed by atoms with Gasteiger partial charge in [-0.3, -0.25) is 0 Å². The van der Waals surface area contributed by atoms with Gasteiger partial charge in [0, 0.05) is 30.1 Å². The normalized spacial score (nSPS) is 11.0. The van der Waals surface area contributed by atoms with Crippen LogP contribution in [-0.2, 0) is 0 Å². The summed E-state index contributed by atoms with van der Waals surface area (Å²) in [5, 5.41) is 3.21. The first kappa shape index (κ1) is 21.2. The van der Waals surface area contributed by atoms with E-state index in [1.54, 1.807) is 36.7 Å². The van der Waals surface area contributed by atoms with Gasteiger partial charge in [0.05, 0.1) is 7.11 Å². The fourth-order valence-electron chi connectivity index (χ4n) is 3.02. The maximum Gasteiger partial charge on any atom is 0.227 e. The molecular formula is C23H23FN6O2. The number of nitrogens with zero attached hydrogens (tertiary/aromatic N) is 4. The number of methoxy groups -OCH3 is 1. The van der Waals surface area contributed by atoms with E-state index in [2.05, 4.69) is 39.1 Å². The average Bonchev–Trinajstić information content (AvgIpc) is 3.24. The number of nitrogens with one attached hydrogen (secondary N) is 1. The third-order valence-electron chi connectivity index (χ3n) is 4.65. The molecule has 0 atom stereocenters. The van der Waals surface area contributed by atoms with Gasteiger partial charge in [0.15, 0.2) is 17.3 Å². The lowest BCUT2D eigenvalue weighted by atomic mass is 10.1. The summed E-state index contributed by atoms with van der Waals surface area (Å²) in [6.45, 7) is 4.93. The molecule has 0 aliphatic carbocycles. The summed E-state index contributed by atoms with van der Waals surface area (Å²) in [4.78, 5) is 17.7. The molecule has 0 saturated heterocycles. The standard InChI is InChI=1S/C23H23FN6O2/c1-13(2)11-28-23-26-9-8-17(29-23)20-19(15-10-18(31-3)21(25)27-12-15)30-22(32-20)14-4-6-16(24)7-5-14/h4-10,12-13H,11H2,1-3H3,(H2,25,27)(H,26,28,29). The third-order valence-corrected chi connectivity index (χ3v) is 4.65. The van der Waals surface area contributed by atoms with Gasteiger partial charge in [0.2, 0.25) is 11.8 Å². The molecule has 0 fully saturated rings. The molecule has 4 aromatic rings. The van der Waals surface area contributed by atoms with E-state index in [1.807, 2.05) is 0 Å². The molecule has 0 spiro atoms. The maximum atomic E-state index is 13.4. The summed E-state index contributed by atoms with van der Waals surface area (Å²) in [7, 11) is 1.52. The number of anilines is 2. The molecule has 0 radical (unpaired) electrons. The van der Waals surface area contributed by atoms with Crippen molar-refractivity contribution in [2.45, 2.75) is 13.8 Å². The number of aromatic nitrogens is 4. The van der Waals surface area contributed by atoms with Crippen LogP contribution in [0.25, 0.3) is 34.2 Å². The summed E-state index contributed by atoms with van der Waals surface area (Å²) in [5.74, 6) is 2.00. The Hall–Kier alpha value is -4.01. The van der Waals surface area contributed by atoms with Gasteiger partial charge in [0.25, 0.3) is 0 Å². The molecule has 4 rings (SSSR count). The zero-order valence-electron chi connectivity index (χ0n) is 18.0. The fourth-order valence-corrected chi connectivity index (χ4v) is 3.02. The van der Waals surface area contributed by atoms with Gasteiger partial charge in [-0.1, -0.05) is 13.8 Å². The molecule has 3 aromatic heterocycles. The van der Waals surface area contributed by atoms with Crippen molar-refractivity contribution < 1.29 is 13.5 Å². The number of oxazole rings is 1. The quantitative estimate of drug-likeness (QED) is 0.432. The summed E-state index contributed by atoms with van der Waals surface area (Å²) in [6, 6.07) is 9.38. The molecule has 8 nitrogen and oxygen atoms in total. The number of nitrogen functional groups attached to an aromatic ring is 1. The summed E-state index contributed by atoms with van der Waals surface area (Å²) in [6.07, 6.45) is 3.24. The lowest BCUT2D eigenvalue weighted by Gasteiger charge is -2.08. The lowest BCUT2D eigenvalue weighted by Crippen LogP contribution is -2.10. The first-order valence-electron chi connectivity index (χ1n) is 10.1. The second-order valence-corrected chi connectivity index (χ2v) is 7.56. The van der Waals surface area contributed by atoms with Crippen LogP contribution < -0.4 is 15.8 Å². The van der Waals surface area contributed by atoms with E-state index in [4.69, 9.17) is 14.9 Å². The average molecular weight is 434 g/mol. The van der Waals surface area contributed by atoms with Gasteiger partial charge in [-0.2, -0.15) is 0 Å². The van der Waals surface area contributed by atoms with Gasteiger partial charge in [-0.05, 0) is 42.3 Å². The molecule has 0 amide bonds. The Morgan fingerprint density at radius 1 is 1.09 bits per heavy atom. The Bertz CT molecular complexity index is 1220. The monoisotopic (exact) mass is 434 g/mol. The fraction of sp³-hybridized carbons (Fsp3) is 0.217. The van der Waals surface area contributed by atoms with E-state index in [1.165, 1.54) is 19.2 Å². The van der Waals surface area contributed by atoms with Gasteiger partial charge in [-0.15, -0.1) is 0 Å². The van der Waals surface area contributed by atoms with E-state index < -0.39 is 0 Å². The highest BCUT2D eigenvalue weighted by molar-refractivity contribution is 5.78. The van der Waals surface area contributed by atoms with Crippen LogP contribution in [-0.4, -0.2) is 33.6 Å². The minimum Gasteiger partial charge on any atom is -0.493 e. The van der Waals surface area contributed by atoms with Crippen LogP contribution in [0.3, 0.4) is 0 Å².